The van der Waals surface area contributed by atoms with Gasteiger partial charge < -0.3 is 15.6 Å². The van der Waals surface area contributed by atoms with E-state index < -0.39 is 0 Å². The molecule has 25 heavy (non-hydrogen) atoms. The first-order chi connectivity index (χ1) is 11.9. The van der Waals surface area contributed by atoms with Crippen LogP contribution < -0.4 is 5.32 Å². The summed E-state index contributed by atoms with van der Waals surface area (Å²) in [5, 5.41) is 10.9. The summed E-state index contributed by atoms with van der Waals surface area (Å²) in [6, 6.07) is 6.20. The molecule has 1 fully saturated rings. The van der Waals surface area contributed by atoms with Gasteiger partial charge in [-0.25, -0.2) is 0 Å². The molecule has 0 saturated carbocycles. The summed E-state index contributed by atoms with van der Waals surface area (Å²) < 4.78 is 0. The van der Waals surface area contributed by atoms with Crippen LogP contribution in [0.5, 0.6) is 0 Å². The molecular weight excluding hydrogens is 308 g/mol. The van der Waals surface area contributed by atoms with E-state index >= 15 is 0 Å². The van der Waals surface area contributed by atoms with Gasteiger partial charge in [0.15, 0.2) is 0 Å². The minimum Gasteiger partial charge on any atom is -0.383 e. The number of nitrogens with one attached hydrogen (secondary N) is 2. The number of nitrogens with zero attached hydrogens (tertiary/aromatic N) is 2. The summed E-state index contributed by atoms with van der Waals surface area (Å²) >= 11 is 0. The minimum atomic E-state index is 0.833. The average Bonchev–Trinajstić information content (AvgIpc) is 2.59. The van der Waals surface area contributed by atoms with Crippen LogP contribution in [0.2, 0.25) is 0 Å². The normalized spacial score (nSPS) is 14.9. The van der Waals surface area contributed by atoms with E-state index in [0.717, 1.165) is 56.4 Å². The van der Waals surface area contributed by atoms with Gasteiger partial charge in [0, 0.05) is 56.7 Å². The maximum Gasteiger partial charge on any atom is 0.0429 e. The molecule has 1 aromatic carbocycles. The Morgan fingerprint density at radius 3 is 2.20 bits per heavy atom. The highest BCUT2D eigenvalue weighted by Crippen LogP contribution is 2.15. The van der Waals surface area contributed by atoms with Crippen molar-refractivity contribution in [3.8, 4) is 0 Å². The summed E-state index contributed by atoms with van der Waals surface area (Å²) in [5.74, 6) is 0.833. The lowest BCUT2D eigenvalue weighted by Gasteiger charge is -2.32. The van der Waals surface area contributed by atoms with Crippen molar-refractivity contribution in [3.63, 3.8) is 0 Å². The van der Waals surface area contributed by atoms with Crippen molar-refractivity contribution in [2.24, 2.45) is 5.92 Å². The molecule has 0 spiro atoms. The Morgan fingerprint density at radius 2 is 1.68 bits per heavy atom. The first-order valence-corrected chi connectivity index (χ1v) is 9.68. The molecule has 1 aliphatic rings. The van der Waals surface area contributed by atoms with Crippen molar-refractivity contribution < 1.29 is 0 Å². The summed E-state index contributed by atoms with van der Waals surface area (Å²) in [4.78, 5) is 4.86. The molecule has 0 unspecified atom stereocenters. The third kappa shape index (κ3) is 11.0. The van der Waals surface area contributed by atoms with Crippen LogP contribution in [0.3, 0.4) is 0 Å². The van der Waals surface area contributed by atoms with Crippen LogP contribution in [0.25, 0.3) is 0 Å². The molecule has 0 bridgehead atoms. The van der Waals surface area contributed by atoms with Crippen LogP contribution >= 0.6 is 0 Å². The van der Waals surface area contributed by atoms with Crippen LogP contribution in [0.15, 0.2) is 18.2 Å². The molecule has 1 saturated heterocycles. The van der Waals surface area contributed by atoms with Crippen LogP contribution in [0, 0.1) is 18.3 Å². The van der Waals surface area contributed by atoms with Gasteiger partial charge in [-0.2, -0.15) is 0 Å². The molecule has 4 nitrogen and oxygen atoms in total. The SMILES string of the molecule is CC.CC(C)C.Cc1ccc(NCCN2CCN(C)CC2)c(C=N)c1. The van der Waals surface area contributed by atoms with Gasteiger partial charge in [-0.15, -0.1) is 0 Å². The van der Waals surface area contributed by atoms with Gasteiger partial charge >= 0.3 is 0 Å². The Balaban J connectivity index is 0.000000845. The van der Waals surface area contributed by atoms with E-state index in [1.165, 1.54) is 11.8 Å². The van der Waals surface area contributed by atoms with Crippen molar-refractivity contribution >= 4 is 11.9 Å². The second-order valence-corrected chi connectivity index (χ2v) is 7.04. The Morgan fingerprint density at radius 1 is 1.12 bits per heavy atom. The zero-order chi connectivity index (χ0) is 19.2. The molecule has 2 rings (SSSR count). The van der Waals surface area contributed by atoms with Crippen LogP contribution in [0.1, 0.15) is 45.7 Å². The standard InChI is InChI=1S/C15H24N4.C4H10.C2H6/c1-13-3-4-15(14(11-13)12-16)17-5-6-19-9-7-18(2)8-10-19;1-4(2)3;1-2/h3-4,11-12,16-17H,5-10H2,1-2H3;4H,1-3H3;1-2H3. The van der Waals surface area contributed by atoms with Gasteiger partial charge in [0.25, 0.3) is 0 Å². The molecule has 0 aromatic heterocycles. The van der Waals surface area contributed by atoms with Gasteiger partial charge in [0.05, 0.1) is 0 Å². The van der Waals surface area contributed by atoms with E-state index in [1.54, 1.807) is 0 Å². The maximum atomic E-state index is 7.45. The molecule has 2 N–H and O–H groups in total. The highest BCUT2D eigenvalue weighted by atomic mass is 15.2. The van der Waals surface area contributed by atoms with Crippen LogP contribution in [-0.4, -0.2) is 62.3 Å². The summed E-state index contributed by atoms with van der Waals surface area (Å²) in [7, 11) is 2.18. The molecule has 0 radical (unpaired) electrons. The molecular formula is C21H40N4. The molecule has 1 heterocycles. The summed E-state index contributed by atoms with van der Waals surface area (Å²) in [6.07, 6.45) is 1.42. The van der Waals surface area contributed by atoms with Crippen molar-refractivity contribution in [3.05, 3.63) is 29.3 Å². The number of hydrogen-bond acceptors (Lipinski definition) is 4. The van der Waals surface area contributed by atoms with E-state index in [4.69, 9.17) is 5.41 Å². The number of likely N-dealkylation sites (N-methyl/N-ethyl adjacent to an activating group) is 1. The van der Waals surface area contributed by atoms with E-state index in [9.17, 15) is 0 Å². The maximum absolute atomic E-state index is 7.45. The fraction of sp³-hybridized carbons (Fsp3) is 0.667. The number of aryl methyl sites for hydroxylation is 1. The Bertz CT molecular complexity index is 460. The summed E-state index contributed by atoms with van der Waals surface area (Å²) in [6.45, 7) is 19.2. The van der Waals surface area contributed by atoms with Crippen LogP contribution in [0.4, 0.5) is 5.69 Å². The Hall–Kier alpha value is -1.39. The molecule has 0 atom stereocenters. The first kappa shape index (κ1) is 23.6. The molecule has 0 aliphatic carbocycles. The largest absolute Gasteiger partial charge is 0.383 e. The third-order valence-electron chi connectivity index (χ3n) is 3.70. The number of hydrogen-bond donors (Lipinski definition) is 2. The average molecular weight is 349 g/mol. The smallest absolute Gasteiger partial charge is 0.0429 e. The lowest BCUT2D eigenvalue weighted by molar-refractivity contribution is 0.158. The van der Waals surface area contributed by atoms with Gasteiger partial charge in [-0.3, -0.25) is 4.90 Å². The predicted octanol–water partition coefficient (Wildman–Crippen LogP) is 4.34. The van der Waals surface area contributed by atoms with Gasteiger partial charge in [0.2, 0.25) is 0 Å². The van der Waals surface area contributed by atoms with Crippen molar-refractivity contribution in [2.75, 3.05) is 51.6 Å². The number of piperazine rings is 1. The fourth-order valence-electron chi connectivity index (χ4n) is 2.38. The molecule has 0 amide bonds. The van der Waals surface area contributed by atoms with Gasteiger partial charge in [-0.1, -0.05) is 46.2 Å². The molecule has 144 valence electrons. The van der Waals surface area contributed by atoms with Gasteiger partial charge in [0.1, 0.15) is 0 Å². The van der Waals surface area contributed by atoms with Crippen LogP contribution in [-0.2, 0) is 0 Å². The molecule has 4 heteroatoms. The van der Waals surface area contributed by atoms with E-state index in [1.807, 2.05) is 19.9 Å². The molecule has 1 aromatic rings. The Kier molecular flexibility index (Phi) is 13.1. The van der Waals surface area contributed by atoms with Gasteiger partial charge in [-0.05, 0) is 32.0 Å². The van der Waals surface area contributed by atoms with E-state index in [2.05, 4.69) is 62.0 Å². The lowest BCUT2D eigenvalue weighted by atomic mass is 10.1. The van der Waals surface area contributed by atoms with Crippen molar-refractivity contribution in [1.82, 2.24) is 9.80 Å². The quantitative estimate of drug-likeness (QED) is 0.778. The van der Waals surface area contributed by atoms with E-state index in [0.29, 0.717) is 0 Å². The highest BCUT2D eigenvalue weighted by molar-refractivity contribution is 5.86. The van der Waals surface area contributed by atoms with Crippen molar-refractivity contribution in [1.29, 1.82) is 5.41 Å². The lowest BCUT2D eigenvalue weighted by Crippen LogP contribution is -2.45. The zero-order valence-corrected chi connectivity index (χ0v) is 17.5. The monoisotopic (exact) mass is 348 g/mol. The predicted molar refractivity (Wildman–Crippen MR) is 113 cm³/mol. The Labute approximate surface area is 156 Å². The number of benzene rings is 1. The zero-order valence-electron chi connectivity index (χ0n) is 17.5. The topological polar surface area (TPSA) is 42.4 Å². The number of rotatable bonds is 5. The van der Waals surface area contributed by atoms with E-state index in [-0.39, 0.29) is 0 Å². The van der Waals surface area contributed by atoms with Crippen molar-refractivity contribution in [2.45, 2.75) is 41.5 Å². The second kappa shape index (κ2) is 13.9. The molecule has 1 aliphatic heterocycles. The first-order valence-electron chi connectivity index (χ1n) is 9.68. The second-order valence-electron chi connectivity index (χ2n) is 7.04. The number of anilines is 1. The minimum absolute atomic E-state index is 0.833. The third-order valence-corrected chi connectivity index (χ3v) is 3.70. The highest BCUT2D eigenvalue weighted by Gasteiger charge is 2.12. The summed E-state index contributed by atoms with van der Waals surface area (Å²) in [5.41, 5.74) is 3.23. The fourth-order valence-corrected chi connectivity index (χ4v) is 2.38.